The summed E-state index contributed by atoms with van der Waals surface area (Å²) in [6, 6.07) is 0.232. The van der Waals surface area contributed by atoms with Crippen molar-refractivity contribution in [2.24, 2.45) is 17.1 Å². The molecule has 0 aliphatic carbocycles. The smallest absolute Gasteiger partial charge is 0.224 e. The highest BCUT2D eigenvalue weighted by Gasteiger charge is 2.35. The summed E-state index contributed by atoms with van der Waals surface area (Å²) in [7, 11) is 0. The van der Waals surface area contributed by atoms with Crippen molar-refractivity contribution in [3.63, 3.8) is 0 Å². The van der Waals surface area contributed by atoms with Gasteiger partial charge in [-0.05, 0) is 37.1 Å². The van der Waals surface area contributed by atoms with Gasteiger partial charge in [-0.1, -0.05) is 20.8 Å². The number of nitrogens with two attached hydrogens (primary N) is 1. The quantitative estimate of drug-likeness (QED) is 0.853. The minimum absolute atomic E-state index is 0.232. The Bertz CT molecular complexity index is 331. The molecule has 2 atom stereocenters. The van der Waals surface area contributed by atoms with E-state index in [2.05, 4.69) is 25.7 Å². The monoisotopic (exact) mass is 281 g/mol. The van der Waals surface area contributed by atoms with E-state index in [1.54, 1.807) is 0 Å². The van der Waals surface area contributed by atoms with E-state index in [1.165, 1.54) is 6.42 Å². The van der Waals surface area contributed by atoms with Crippen molar-refractivity contribution in [2.45, 2.75) is 52.5 Å². The van der Waals surface area contributed by atoms with Crippen LogP contribution >= 0.6 is 0 Å². The number of hydrogen-bond acceptors (Lipinski definition) is 3. The van der Waals surface area contributed by atoms with Gasteiger partial charge in [-0.15, -0.1) is 0 Å². The van der Waals surface area contributed by atoms with Crippen molar-refractivity contribution in [3.8, 4) is 0 Å². The van der Waals surface area contributed by atoms with Crippen LogP contribution in [0, 0.1) is 11.3 Å². The molecule has 0 aromatic carbocycles. The van der Waals surface area contributed by atoms with E-state index in [4.69, 9.17) is 5.73 Å². The molecule has 2 rings (SSSR count). The fourth-order valence-corrected chi connectivity index (χ4v) is 3.48. The van der Waals surface area contributed by atoms with Gasteiger partial charge in [-0.25, -0.2) is 0 Å². The van der Waals surface area contributed by atoms with E-state index in [0.29, 0.717) is 24.3 Å². The summed E-state index contributed by atoms with van der Waals surface area (Å²) in [4.78, 5) is 16.8. The van der Waals surface area contributed by atoms with Gasteiger partial charge in [0.05, 0.1) is 0 Å². The molecule has 2 N–H and O–H groups in total. The molecule has 116 valence electrons. The van der Waals surface area contributed by atoms with Crippen LogP contribution in [0.15, 0.2) is 0 Å². The highest BCUT2D eigenvalue weighted by Crippen LogP contribution is 2.34. The fourth-order valence-electron chi connectivity index (χ4n) is 3.48. The van der Waals surface area contributed by atoms with Crippen molar-refractivity contribution in [1.29, 1.82) is 0 Å². The number of rotatable bonds is 4. The molecular formula is C16H31N3O. The number of carbonyl (C=O) groups is 1. The average Bonchev–Trinajstić information content (AvgIpc) is 3.04. The van der Waals surface area contributed by atoms with Crippen LogP contribution < -0.4 is 5.73 Å². The Kier molecular flexibility index (Phi) is 5.08. The third kappa shape index (κ3) is 3.73. The topological polar surface area (TPSA) is 49.6 Å². The first kappa shape index (κ1) is 15.8. The molecule has 0 aromatic heterocycles. The van der Waals surface area contributed by atoms with Gasteiger partial charge >= 0.3 is 0 Å². The molecule has 0 bridgehead atoms. The zero-order chi connectivity index (χ0) is 14.8. The molecule has 1 amide bonds. The van der Waals surface area contributed by atoms with Gasteiger partial charge in [0.1, 0.15) is 0 Å². The highest BCUT2D eigenvalue weighted by atomic mass is 16.2. The van der Waals surface area contributed by atoms with Gasteiger partial charge in [-0.2, -0.15) is 0 Å². The average molecular weight is 281 g/mol. The molecule has 4 heteroatoms. The molecule has 0 radical (unpaired) electrons. The van der Waals surface area contributed by atoms with E-state index in [1.807, 2.05) is 4.90 Å². The molecule has 0 spiro atoms. The maximum absolute atomic E-state index is 12.3. The largest absolute Gasteiger partial charge is 0.343 e. The lowest BCUT2D eigenvalue weighted by Crippen LogP contribution is -2.43. The summed E-state index contributed by atoms with van der Waals surface area (Å²) in [6.07, 6.45) is 4.16. The molecule has 4 nitrogen and oxygen atoms in total. The van der Waals surface area contributed by atoms with Crippen LogP contribution in [0.2, 0.25) is 0 Å². The van der Waals surface area contributed by atoms with E-state index in [0.717, 1.165) is 44.9 Å². The standard InChI is InChI=1S/C16H31N3O/c1-16(2,3)13-6-9-19(12-13)14(11-17)10-15(20)18-7-4-5-8-18/h13-14H,4-12,17H2,1-3H3. The lowest BCUT2D eigenvalue weighted by Gasteiger charge is -2.31. The zero-order valence-electron chi connectivity index (χ0n) is 13.4. The molecule has 2 unspecified atom stereocenters. The Hall–Kier alpha value is -0.610. The normalized spacial score (nSPS) is 26.2. The van der Waals surface area contributed by atoms with Gasteiger partial charge in [0, 0.05) is 38.6 Å². The molecule has 2 aliphatic rings. The van der Waals surface area contributed by atoms with Crippen molar-refractivity contribution < 1.29 is 4.79 Å². The Balaban J connectivity index is 1.87. The summed E-state index contributed by atoms with van der Waals surface area (Å²) in [5.74, 6) is 1.02. The number of nitrogens with zero attached hydrogens (tertiary/aromatic N) is 2. The summed E-state index contributed by atoms with van der Waals surface area (Å²) in [5.41, 5.74) is 6.30. The zero-order valence-corrected chi connectivity index (χ0v) is 13.4. The van der Waals surface area contributed by atoms with E-state index in [9.17, 15) is 4.79 Å². The van der Waals surface area contributed by atoms with Gasteiger partial charge in [0.2, 0.25) is 5.91 Å². The molecule has 2 saturated heterocycles. The van der Waals surface area contributed by atoms with Crippen molar-refractivity contribution in [2.75, 3.05) is 32.7 Å². The van der Waals surface area contributed by atoms with Crippen LogP contribution in [0.25, 0.3) is 0 Å². The second-order valence-corrected chi connectivity index (χ2v) is 7.53. The number of likely N-dealkylation sites (tertiary alicyclic amines) is 2. The second kappa shape index (κ2) is 6.44. The van der Waals surface area contributed by atoms with Gasteiger partial charge in [-0.3, -0.25) is 9.69 Å². The van der Waals surface area contributed by atoms with Crippen LogP contribution in [0.3, 0.4) is 0 Å². The maximum Gasteiger partial charge on any atom is 0.224 e. The third-order valence-corrected chi connectivity index (χ3v) is 5.10. The van der Waals surface area contributed by atoms with Crippen molar-refractivity contribution in [3.05, 3.63) is 0 Å². The Morgan fingerprint density at radius 3 is 2.40 bits per heavy atom. The molecule has 2 fully saturated rings. The summed E-state index contributed by atoms with van der Waals surface area (Å²) < 4.78 is 0. The summed E-state index contributed by atoms with van der Waals surface area (Å²) in [5, 5.41) is 0. The second-order valence-electron chi connectivity index (χ2n) is 7.53. The van der Waals surface area contributed by atoms with E-state index >= 15 is 0 Å². The predicted octanol–water partition coefficient (Wildman–Crippen LogP) is 1.69. The van der Waals surface area contributed by atoms with Gasteiger partial charge < -0.3 is 10.6 Å². The number of carbonyl (C=O) groups excluding carboxylic acids is 1. The lowest BCUT2D eigenvalue weighted by atomic mass is 9.80. The maximum atomic E-state index is 12.3. The first-order valence-corrected chi connectivity index (χ1v) is 8.13. The molecule has 20 heavy (non-hydrogen) atoms. The van der Waals surface area contributed by atoms with Gasteiger partial charge in [0.25, 0.3) is 0 Å². The number of amides is 1. The molecule has 0 saturated carbocycles. The summed E-state index contributed by atoms with van der Waals surface area (Å²) >= 11 is 0. The first-order chi connectivity index (χ1) is 9.41. The molecule has 0 aromatic rings. The predicted molar refractivity (Wildman–Crippen MR) is 82.4 cm³/mol. The van der Waals surface area contributed by atoms with Crippen LogP contribution in [0.4, 0.5) is 0 Å². The van der Waals surface area contributed by atoms with Crippen molar-refractivity contribution >= 4 is 5.91 Å². The van der Waals surface area contributed by atoms with Crippen LogP contribution in [0.1, 0.15) is 46.5 Å². The minimum Gasteiger partial charge on any atom is -0.343 e. The van der Waals surface area contributed by atoms with Gasteiger partial charge in [0.15, 0.2) is 0 Å². The van der Waals surface area contributed by atoms with E-state index < -0.39 is 0 Å². The molecular weight excluding hydrogens is 250 g/mol. The van der Waals surface area contributed by atoms with Crippen molar-refractivity contribution in [1.82, 2.24) is 9.80 Å². The lowest BCUT2D eigenvalue weighted by molar-refractivity contribution is -0.131. The van der Waals surface area contributed by atoms with Crippen LogP contribution in [-0.4, -0.2) is 54.5 Å². The Morgan fingerprint density at radius 1 is 1.25 bits per heavy atom. The summed E-state index contributed by atoms with van der Waals surface area (Å²) in [6.45, 7) is 11.6. The SMILES string of the molecule is CC(C)(C)C1CCN(C(CN)CC(=O)N2CCCC2)C1. The van der Waals surface area contributed by atoms with Crippen LogP contribution in [0.5, 0.6) is 0 Å². The van der Waals surface area contributed by atoms with Crippen LogP contribution in [-0.2, 0) is 4.79 Å². The fraction of sp³-hybridized carbons (Fsp3) is 0.938. The Labute approximate surface area is 123 Å². The molecule has 2 aliphatic heterocycles. The van der Waals surface area contributed by atoms with E-state index in [-0.39, 0.29) is 6.04 Å². The number of hydrogen-bond donors (Lipinski definition) is 1. The third-order valence-electron chi connectivity index (χ3n) is 5.10. The Morgan fingerprint density at radius 2 is 1.90 bits per heavy atom. The first-order valence-electron chi connectivity index (χ1n) is 8.13. The minimum atomic E-state index is 0.232. The highest BCUT2D eigenvalue weighted by molar-refractivity contribution is 5.77. The molecule has 2 heterocycles.